The van der Waals surface area contributed by atoms with Gasteiger partial charge >= 0.3 is 5.97 Å². The van der Waals surface area contributed by atoms with Gasteiger partial charge in [0.2, 0.25) is 29.5 Å². The van der Waals surface area contributed by atoms with Gasteiger partial charge in [0.1, 0.15) is 18.1 Å². The molecular weight excluding hydrogens is 436 g/mol. The minimum Gasteiger partial charge on any atom is -0.480 e. The van der Waals surface area contributed by atoms with Crippen LogP contribution in [0.25, 0.3) is 0 Å². The summed E-state index contributed by atoms with van der Waals surface area (Å²) < 4.78 is 0. The SMILES string of the molecule is CC(C)CC(N)C(=O)NC(CCC(N)=O)C(=O)NC(CC(N)=O)C(=O)N1CCCC1C(=O)O. The first-order valence-electron chi connectivity index (χ1n) is 10.8. The molecule has 9 N–H and O–H groups in total. The van der Waals surface area contributed by atoms with Gasteiger partial charge in [-0.3, -0.25) is 24.0 Å². The van der Waals surface area contributed by atoms with Crippen molar-refractivity contribution in [2.75, 3.05) is 6.54 Å². The number of aliphatic carboxylic acids is 1. The highest BCUT2D eigenvalue weighted by molar-refractivity contribution is 5.96. The second-order valence-electron chi connectivity index (χ2n) is 8.56. The molecule has 1 aliphatic heterocycles. The van der Waals surface area contributed by atoms with E-state index >= 15 is 0 Å². The summed E-state index contributed by atoms with van der Waals surface area (Å²) in [6.45, 7) is 3.88. The first-order chi connectivity index (χ1) is 15.3. The molecule has 0 aliphatic carbocycles. The van der Waals surface area contributed by atoms with Crippen molar-refractivity contribution in [3.05, 3.63) is 0 Å². The van der Waals surface area contributed by atoms with Gasteiger partial charge in [0.15, 0.2) is 0 Å². The molecule has 0 radical (unpaired) electrons. The molecule has 1 fully saturated rings. The number of nitrogens with two attached hydrogens (primary N) is 3. The van der Waals surface area contributed by atoms with E-state index < -0.39 is 66.1 Å². The Bertz CT molecular complexity index is 772. The lowest BCUT2D eigenvalue weighted by molar-refractivity contribution is -0.149. The van der Waals surface area contributed by atoms with Gasteiger partial charge in [0.25, 0.3) is 0 Å². The smallest absolute Gasteiger partial charge is 0.326 e. The lowest BCUT2D eigenvalue weighted by Crippen LogP contribution is -2.58. The molecule has 1 heterocycles. The standard InChI is InChI=1S/C20H34N6O7/c1-10(2)8-11(21)17(29)24-12(5-6-15(22)27)18(30)25-13(9-16(23)28)19(31)26-7-3-4-14(26)20(32)33/h10-14H,3-9,21H2,1-2H3,(H2,22,27)(H2,23,28)(H,24,29)(H,25,30)(H,32,33). The molecule has 0 aromatic rings. The number of carbonyl (C=O) groups is 6. The number of carboxylic acids is 1. The van der Waals surface area contributed by atoms with Crippen LogP contribution in [0.5, 0.6) is 0 Å². The van der Waals surface area contributed by atoms with E-state index in [0.29, 0.717) is 12.8 Å². The molecule has 13 nitrogen and oxygen atoms in total. The van der Waals surface area contributed by atoms with Crippen molar-refractivity contribution in [1.82, 2.24) is 15.5 Å². The lowest BCUT2D eigenvalue weighted by Gasteiger charge is -2.28. The van der Waals surface area contributed by atoms with Crippen LogP contribution in [-0.4, -0.2) is 76.2 Å². The van der Waals surface area contributed by atoms with Crippen LogP contribution in [0.3, 0.4) is 0 Å². The van der Waals surface area contributed by atoms with Crippen LogP contribution in [-0.2, 0) is 28.8 Å². The number of amides is 5. The van der Waals surface area contributed by atoms with Crippen LogP contribution >= 0.6 is 0 Å². The zero-order valence-corrected chi connectivity index (χ0v) is 18.9. The summed E-state index contributed by atoms with van der Waals surface area (Å²) in [4.78, 5) is 73.5. The van der Waals surface area contributed by atoms with Crippen molar-refractivity contribution >= 4 is 35.5 Å². The Labute approximate surface area is 191 Å². The van der Waals surface area contributed by atoms with Crippen LogP contribution in [0, 0.1) is 5.92 Å². The summed E-state index contributed by atoms with van der Waals surface area (Å²) in [5.41, 5.74) is 16.2. The molecule has 1 saturated heterocycles. The maximum Gasteiger partial charge on any atom is 0.326 e. The first kappa shape index (κ1) is 27.8. The molecule has 0 bridgehead atoms. The third-order valence-corrected chi connectivity index (χ3v) is 5.22. The van der Waals surface area contributed by atoms with Crippen molar-refractivity contribution in [1.29, 1.82) is 0 Å². The summed E-state index contributed by atoms with van der Waals surface area (Å²) in [5, 5.41) is 14.1. The number of carboxylic acid groups (broad SMARTS) is 1. The molecule has 4 unspecified atom stereocenters. The molecule has 1 aliphatic rings. The second-order valence-corrected chi connectivity index (χ2v) is 8.56. The highest BCUT2D eigenvalue weighted by atomic mass is 16.4. The molecule has 186 valence electrons. The van der Waals surface area contributed by atoms with Gasteiger partial charge in [0, 0.05) is 13.0 Å². The average molecular weight is 471 g/mol. The molecule has 1 rings (SSSR count). The van der Waals surface area contributed by atoms with Crippen LogP contribution in [0.2, 0.25) is 0 Å². The quantitative estimate of drug-likeness (QED) is 0.169. The average Bonchev–Trinajstić information content (AvgIpc) is 3.18. The van der Waals surface area contributed by atoms with Gasteiger partial charge in [-0.15, -0.1) is 0 Å². The monoisotopic (exact) mass is 470 g/mol. The number of rotatable bonds is 13. The van der Waals surface area contributed by atoms with Crippen molar-refractivity contribution in [2.24, 2.45) is 23.1 Å². The Morgan fingerprint density at radius 2 is 1.61 bits per heavy atom. The first-order valence-corrected chi connectivity index (χ1v) is 10.8. The maximum atomic E-state index is 12.9. The van der Waals surface area contributed by atoms with Crippen LogP contribution in [0.15, 0.2) is 0 Å². The van der Waals surface area contributed by atoms with Crippen LogP contribution in [0.1, 0.15) is 52.4 Å². The normalized spacial score (nSPS) is 18.3. The number of nitrogens with one attached hydrogen (secondary N) is 2. The number of hydrogen-bond acceptors (Lipinski definition) is 7. The van der Waals surface area contributed by atoms with Crippen molar-refractivity contribution in [2.45, 2.75) is 76.5 Å². The molecule has 13 heteroatoms. The Balaban J connectivity index is 3.02. The molecular formula is C20H34N6O7. The summed E-state index contributed by atoms with van der Waals surface area (Å²) >= 11 is 0. The molecule has 5 amide bonds. The fraction of sp³-hybridized carbons (Fsp3) is 0.700. The van der Waals surface area contributed by atoms with Gasteiger partial charge in [-0.05, 0) is 31.6 Å². The summed E-state index contributed by atoms with van der Waals surface area (Å²) in [7, 11) is 0. The van der Waals surface area contributed by atoms with Crippen molar-refractivity contribution in [3.8, 4) is 0 Å². The van der Waals surface area contributed by atoms with E-state index in [1.54, 1.807) is 0 Å². The van der Waals surface area contributed by atoms with E-state index in [2.05, 4.69) is 10.6 Å². The molecule has 0 aromatic carbocycles. The lowest BCUT2D eigenvalue weighted by atomic mass is 10.0. The van der Waals surface area contributed by atoms with Gasteiger partial charge in [0.05, 0.1) is 12.5 Å². The van der Waals surface area contributed by atoms with E-state index in [0.717, 1.165) is 4.90 Å². The van der Waals surface area contributed by atoms with Crippen LogP contribution in [0.4, 0.5) is 0 Å². The Morgan fingerprint density at radius 1 is 1.00 bits per heavy atom. The minimum absolute atomic E-state index is 0.115. The van der Waals surface area contributed by atoms with E-state index in [4.69, 9.17) is 17.2 Å². The maximum absolute atomic E-state index is 12.9. The highest BCUT2D eigenvalue weighted by Crippen LogP contribution is 2.19. The molecule has 33 heavy (non-hydrogen) atoms. The number of hydrogen-bond donors (Lipinski definition) is 6. The van der Waals surface area contributed by atoms with Gasteiger partial charge < -0.3 is 37.8 Å². The topological polar surface area (TPSA) is 228 Å². The van der Waals surface area contributed by atoms with Crippen molar-refractivity contribution < 1.29 is 33.9 Å². The number of nitrogens with zero attached hydrogens (tertiary/aromatic N) is 1. The predicted molar refractivity (Wildman–Crippen MR) is 116 cm³/mol. The van der Waals surface area contributed by atoms with Gasteiger partial charge in [-0.1, -0.05) is 13.8 Å². The molecule has 0 aromatic heterocycles. The van der Waals surface area contributed by atoms with E-state index in [-0.39, 0.29) is 31.7 Å². The Kier molecular flexibility index (Phi) is 10.7. The summed E-state index contributed by atoms with van der Waals surface area (Å²) in [5.74, 6) is -4.94. The fourth-order valence-electron chi connectivity index (χ4n) is 3.61. The largest absolute Gasteiger partial charge is 0.480 e. The number of carbonyl (C=O) groups excluding carboxylic acids is 5. The third kappa shape index (κ3) is 9.04. The van der Waals surface area contributed by atoms with Crippen molar-refractivity contribution in [3.63, 3.8) is 0 Å². The second kappa shape index (κ2) is 12.7. The number of primary amides is 2. The Morgan fingerprint density at radius 3 is 2.12 bits per heavy atom. The minimum atomic E-state index is -1.44. The Hall–Kier alpha value is -3.22. The van der Waals surface area contributed by atoms with E-state index in [1.807, 2.05) is 13.8 Å². The van der Waals surface area contributed by atoms with E-state index in [1.165, 1.54) is 0 Å². The predicted octanol–water partition coefficient (Wildman–Crippen LogP) is -2.45. The zero-order chi connectivity index (χ0) is 25.3. The highest BCUT2D eigenvalue weighted by Gasteiger charge is 2.39. The van der Waals surface area contributed by atoms with Gasteiger partial charge in [-0.25, -0.2) is 4.79 Å². The van der Waals surface area contributed by atoms with Gasteiger partial charge in [-0.2, -0.15) is 0 Å². The number of likely N-dealkylation sites (tertiary alicyclic amines) is 1. The molecule has 4 atom stereocenters. The zero-order valence-electron chi connectivity index (χ0n) is 18.9. The summed E-state index contributed by atoms with van der Waals surface area (Å²) in [6, 6.07) is -4.69. The fourth-order valence-corrected chi connectivity index (χ4v) is 3.61. The molecule has 0 saturated carbocycles. The van der Waals surface area contributed by atoms with E-state index in [9.17, 15) is 33.9 Å². The molecule has 0 spiro atoms. The third-order valence-electron chi connectivity index (χ3n) is 5.22. The summed E-state index contributed by atoms with van der Waals surface area (Å²) in [6.07, 6.45) is 0.0646. The van der Waals surface area contributed by atoms with Crippen LogP contribution < -0.4 is 27.8 Å².